The van der Waals surface area contributed by atoms with Crippen molar-refractivity contribution in [3.8, 4) is 0 Å². The highest BCUT2D eigenvalue weighted by Gasteiger charge is 2.34. The largest absolute Gasteiger partial charge is 0.354 e. The number of aromatic nitrogens is 1. The van der Waals surface area contributed by atoms with E-state index >= 15 is 0 Å². The zero-order valence-corrected chi connectivity index (χ0v) is 16.8. The van der Waals surface area contributed by atoms with E-state index in [0.29, 0.717) is 35.2 Å². The third-order valence-electron chi connectivity index (χ3n) is 4.12. The molecule has 0 bridgehead atoms. The van der Waals surface area contributed by atoms with E-state index in [4.69, 9.17) is 11.6 Å². The smallest absolute Gasteiger partial charge is 0.255 e. The highest BCUT2D eigenvalue weighted by Crippen LogP contribution is 2.24. The van der Waals surface area contributed by atoms with Gasteiger partial charge in [0.15, 0.2) is 0 Å². The summed E-state index contributed by atoms with van der Waals surface area (Å²) in [6.07, 6.45) is 1.63. The van der Waals surface area contributed by atoms with Crippen LogP contribution in [0.2, 0.25) is 5.02 Å². The summed E-state index contributed by atoms with van der Waals surface area (Å²) in [6.45, 7) is 2.60. The molecule has 8 heteroatoms. The van der Waals surface area contributed by atoms with E-state index in [2.05, 4.69) is 17.2 Å². The Balaban J connectivity index is 1.55. The van der Waals surface area contributed by atoms with Gasteiger partial charge < -0.3 is 10.2 Å². The molecule has 1 aliphatic rings. The molecule has 26 heavy (non-hydrogen) atoms. The average Bonchev–Trinajstić information content (AvgIpc) is 3.31. The fourth-order valence-corrected chi connectivity index (χ4v) is 4.74. The van der Waals surface area contributed by atoms with Gasteiger partial charge in [0, 0.05) is 34.7 Å². The van der Waals surface area contributed by atoms with Crippen molar-refractivity contribution in [3.05, 3.63) is 50.9 Å². The lowest BCUT2D eigenvalue weighted by atomic mass is 10.1. The Bertz CT molecular complexity index is 779. The van der Waals surface area contributed by atoms with Crippen LogP contribution in [-0.2, 0) is 17.6 Å². The molecule has 5 nitrogen and oxygen atoms in total. The minimum absolute atomic E-state index is 0.108. The molecule has 1 atom stereocenters. The molecule has 3 rings (SSSR count). The zero-order valence-electron chi connectivity index (χ0n) is 14.4. The first kappa shape index (κ1) is 19.2. The van der Waals surface area contributed by atoms with Crippen LogP contribution in [0.15, 0.2) is 29.6 Å². The second-order valence-electron chi connectivity index (χ2n) is 5.92. The second kappa shape index (κ2) is 8.88. The third-order valence-corrected chi connectivity index (χ3v) is 6.43. The topological polar surface area (TPSA) is 62.3 Å². The lowest BCUT2D eigenvalue weighted by Crippen LogP contribution is -2.47. The molecular formula is C18H20ClN3O2S2. The van der Waals surface area contributed by atoms with Crippen molar-refractivity contribution in [2.75, 3.05) is 18.2 Å². The lowest BCUT2D eigenvalue weighted by Gasteiger charge is -2.23. The van der Waals surface area contributed by atoms with Crippen LogP contribution in [0.5, 0.6) is 0 Å². The molecule has 1 aromatic heterocycles. The summed E-state index contributed by atoms with van der Waals surface area (Å²) >= 11 is 9.11. The molecule has 138 valence electrons. The predicted molar refractivity (Wildman–Crippen MR) is 107 cm³/mol. The molecule has 1 unspecified atom stereocenters. The third kappa shape index (κ3) is 4.58. The Hall–Kier alpha value is -1.57. The summed E-state index contributed by atoms with van der Waals surface area (Å²) in [4.78, 5) is 31.4. The van der Waals surface area contributed by atoms with Crippen LogP contribution < -0.4 is 5.32 Å². The Kier molecular flexibility index (Phi) is 6.56. The van der Waals surface area contributed by atoms with Gasteiger partial charge in [-0.05, 0) is 30.7 Å². The quantitative estimate of drug-likeness (QED) is 0.795. The lowest BCUT2D eigenvalue weighted by molar-refractivity contribution is -0.124. The molecule has 1 fully saturated rings. The number of thioether (sulfide) groups is 1. The highest BCUT2D eigenvalue weighted by molar-refractivity contribution is 7.99. The van der Waals surface area contributed by atoms with E-state index < -0.39 is 6.04 Å². The molecule has 1 saturated heterocycles. The molecule has 1 aromatic carbocycles. The molecule has 0 saturated carbocycles. The normalized spacial score (nSPS) is 16.7. The van der Waals surface area contributed by atoms with Crippen molar-refractivity contribution < 1.29 is 9.59 Å². The first-order chi connectivity index (χ1) is 12.6. The Morgan fingerprint density at radius 3 is 2.81 bits per heavy atom. The van der Waals surface area contributed by atoms with Crippen molar-refractivity contribution in [1.29, 1.82) is 0 Å². The van der Waals surface area contributed by atoms with Gasteiger partial charge in [0.05, 0.1) is 16.6 Å². The van der Waals surface area contributed by atoms with Gasteiger partial charge in [-0.2, -0.15) is 0 Å². The summed E-state index contributed by atoms with van der Waals surface area (Å²) in [7, 11) is 0. The van der Waals surface area contributed by atoms with Crippen LogP contribution in [-0.4, -0.2) is 45.9 Å². The van der Waals surface area contributed by atoms with Gasteiger partial charge in [-0.1, -0.05) is 18.5 Å². The number of carbonyl (C=O) groups is 2. The Labute approximate surface area is 166 Å². The van der Waals surface area contributed by atoms with Gasteiger partial charge in [-0.15, -0.1) is 23.1 Å². The molecule has 2 aromatic rings. The van der Waals surface area contributed by atoms with Gasteiger partial charge in [-0.3, -0.25) is 9.59 Å². The number of aryl methyl sites for hydroxylation is 1. The minimum atomic E-state index is -0.440. The van der Waals surface area contributed by atoms with E-state index in [1.807, 2.05) is 5.38 Å². The summed E-state index contributed by atoms with van der Waals surface area (Å²) in [5.41, 5.74) is 1.55. The first-order valence-electron chi connectivity index (χ1n) is 8.43. The van der Waals surface area contributed by atoms with Crippen molar-refractivity contribution in [3.63, 3.8) is 0 Å². The number of halogens is 1. The molecule has 2 amide bonds. The van der Waals surface area contributed by atoms with Crippen molar-refractivity contribution in [2.24, 2.45) is 0 Å². The summed E-state index contributed by atoms with van der Waals surface area (Å²) in [6, 6.07) is 6.31. The minimum Gasteiger partial charge on any atom is -0.354 e. The number of nitrogens with zero attached hydrogens (tertiary/aromatic N) is 2. The van der Waals surface area contributed by atoms with Crippen LogP contribution in [0.1, 0.15) is 28.0 Å². The fraction of sp³-hybridized carbons (Fsp3) is 0.389. The fourth-order valence-electron chi connectivity index (χ4n) is 2.68. The number of nitrogens with one attached hydrogen (secondary N) is 1. The average molecular weight is 410 g/mol. The Morgan fingerprint density at radius 2 is 2.12 bits per heavy atom. The summed E-state index contributed by atoms with van der Waals surface area (Å²) in [5, 5.41) is 6.67. The molecule has 1 aliphatic heterocycles. The van der Waals surface area contributed by atoms with Crippen LogP contribution >= 0.6 is 34.7 Å². The molecule has 1 N–H and O–H groups in total. The van der Waals surface area contributed by atoms with Crippen LogP contribution in [0.25, 0.3) is 0 Å². The molecule has 0 radical (unpaired) electrons. The van der Waals surface area contributed by atoms with Gasteiger partial charge >= 0.3 is 0 Å². The number of benzene rings is 1. The number of carbonyl (C=O) groups excluding carboxylic acids is 2. The second-order valence-corrected chi connectivity index (χ2v) is 8.30. The van der Waals surface area contributed by atoms with Crippen LogP contribution in [0.3, 0.4) is 0 Å². The number of hydrogen-bond donors (Lipinski definition) is 1. The monoisotopic (exact) mass is 409 g/mol. The SMILES string of the molecule is CCc1nc(CCNC(=O)C2CSCN2C(=O)c2ccc(Cl)cc2)cs1. The maximum absolute atomic E-state index is 12.7. The summed E-state index contributed by atoms with van der Waals surface area (Å²) < 4.78 is 0. The van der Waals surface area contributed by atoms with Gasteiger partial charge in [-0.25, -0.2) is 4.98 Å². The molecule has 0 aliphatic carbocycles. The first-order valence-corrected chi connectivity index (χ1v) is 10.8. The number of amides is 2. The summed E-state index contributed by atoms with van der Waals surface area (Å²) in [5.74, 6) is 0.884. The van der Waals surface area contributed by atoms with Gasteiger partial charge in [0.25, 0.3) is 5.91 Å². The van der Waals surface area contributed by atoms with Crippen molar-refractivity contribution in [2.45, 2.75) is 25.8 Å². The van der Waals surface area contributed by atoms with Gasteiger partial charge in [0.2, 0.25) is 5.91 Å². The van der Waals surface area contributed by atoms with E-state index in [9.17, 15) is 9.59 Å². The predicted octanol–water partition coefficient (Wildman–Crippen LogP) is 3.23. The molecular weight excluding hydrogens is 390 g/mol. The van der Waals surface area contributed by atoms with Crippen LogP contribution in [0.4, 0.5) is 0 Å². The standard InChI is InChI=1S/C18H20ClN3O2S2/c1-2-16-21-14(9-26-16)7-8-20-17(23)15-10-25-11-22(15)18(24)12-3-5-13(19)6-4-12/h3-6,9,15H,2,7-8,10-11H2,1H3,(H,20,23). The van der Waals surface area contributed by atoms with E-state index in [0.717, 1.165) is 17.1 Å². The zero-order chi connectivity index (χ0) is 18.5. The van der Waals surface area contributed by atoms with E-state index in [1.54, 1.807) is 52.3 Å². The maximum atomic E-state index is 12.7. The van der Waals surface area contributed by atoms with E-state index in [1.165, 1.54) is 0 Å². The number of thiazole rings is 1. The highest BCUT2D eigenvalue weighted by atomic mass is 35.5. The molecule has 2 heterocycles. The van der Waals surface area contributed by atoms with Crippen molar-refractivity contribution >= 4 is 46.5 Å². The number of hydrogen-bond acceptors (Lipinski definition) is 5. The van der Waals surface area contributed by atoms with E-state index in [-0.39, 0.29) is 11.8 Å². The van der Waals surface area contributed by atoms with Crippen LogP contribution in [0, 0.1) is 0 Å². The van der Waals surface area contributed by atoms with Gasteiger partial charge in [0.1, 0.15) is 6.04 Å². The molecule has 0 spiro atoms. The Morgan fingerprint density at radius 1 is 1.35 bits per heavy atom. The number of rotatable bonds is 6. The van der Waals surface area contributed by atoms with Crippen molar-refractivity contribution in [1.82, 2.24) is 15.2 Å². The maximum Gasteiger partial charge on any atom is 0.255 e.